The fraction of sp³-hybridized carbons (Fsp3) is 0.714. The van der Waals surface area contributed by atoms with E-state index in [1.165, 1.54) is 4.68 Å². The molecule has 4 nitrogen and oxygen atoms in total. The smallest absolute Gasteiger partial charge is 0.279 e. The van der Waals surface area contributed by atoms with E-state index in [4.69, 9.17) is 0 Å². The SMILES string of the molecule is CCCn1c(C)nn(C)c1=O. The number of rotatable bonds is 2. The third kappa shape index (κ3) is 1.34. The summed E-state index contributed by atoms with van der Waals surface area (Å²) < 4.78 is 3.05. The minimum atomic E-state index is -0.0237. The molecule has 0 aliphatic heterocycles. The van der Waals surface area contributed by atoms with Crippen molar-refractivity contribution in [2.75, 3.05) is 0 Å². The summed E-state index contributed by atoms with van der Waals surface area (Å²) in [6, 6.07) is 0. The van der Waals surface area contributed by atoms with Crippen LogP contribution in [0.15, 0.2) is 4.79 Å². The monoisotopic (exact) mass is 155 g/mol. The molecule has 0 bridgehead atoms. The molecule has 0 fully saturated rings. The van der Waals surface area contributed by atoms with Crippen LogP contribution in [0.5, 0.6) is 0 Å². The van der Waals surface area contributed by atoms with Crippen LogP contribution in [-0.2, 0) is 13.6 Å². The quantitative estimate of drug-likeness (QED) is 0.616. The van der Waals surface area contributed by atoms with Gasteiger partial charge in [-0.05, 0) is 13.3 Å². The molecule has 0 aliphatic rings. The van der Waals surface area contributed by atoms with Crippen LogP contribution in [0.4, 0.5) is 0 Å². The Balaban J connectivity index is 3.12. The second-order valence-electron chi connectivity index (χ2n) is 2.61. The Bertz CT molecular complexity index is 297. The fourth-order valence-electron chi connectivity index (χ4n) is 1.11. The summed E-state index contributed by atoms with van der Waals surface area (Å²) in [6.45, 7) is 4.65. The van der Waals surface area contributed by atoms with Crippen LogP contribution in [0.1, 0.15) is 19.2 Å². The van der Waals surface area contributed by atoms with Gasteiger partial charge in [0.2, 0.25) is 0 Å². The molecule has 0 atom stereocenters. The molecule has 1 rings (SSSR count). The molecule has 1 heterocycles. The molecule has 0 aromatic carbocycles. The largest absolute Gasteiger partial charge is 0.345 e. The molecule has 0 aliphatic carbocycles. The Hall–Kier alpha value is -1.06. The van der Waals surface area contributed by atoms with Crippen molar-refractivity contribution >= 4 is 0 Å². The Kier molecular flexibility index (Phi) is 2.12. The highest BCUT2D eigenvalue weighted by Gasteiger charge is 2.03. The number of hydrogen-bond donors (Lipinski definition) is 0. The van der Waals surface area contributed by atoms with Crippen LogP contribution in [-0.4, -0.2) is 14.3 Å². The summed E-state index contributed by atoms with van der Waals surface area (Å²) >= 11 is 0. The van der Waals surface area contributed by atoms with Gasteiger partial charge in [0, 0.05) is 13.6 Å². The standard InChI is InChI=1S/C7H13N3O/c1-4-5-10-6(2)8-9(3)7(10)11/h4-5H2,1-3H3. The van der Waals surface area contributed by atoms with Gasteiger partial charge in [0.25, 0.3) is 0 Å². The lowest BCUT2D eigenvalue weighted by Crippen LogP contribution is -2.22. The zero-order valence-electron chi connectivity index (χ0n) is 7.16. The lowest BCUT2D eigenvalue weighted by atomic mass is 10.5. The predicted molar refractivity (Wildman–Crippen MR) is 42.5 cm³/mol. The molecule has 11 heavy (non-hydrogen) atoms. The molecule has 0 saturated carbocycles. The van der Waals surface area contributed by atoms with Gasteiger partial charge >= 0.3 is 5.69 Å². The minimum Gasteiger partial charge on any atom is -0.279 e. The van der Waals surface area contributed by atoms with E-state index in [1.54, 1.807) is 11.6 Å². The Morgan fingerprint density at radius 2 is 2.18 bits per heavy atom. The maximum Gasteiger partial charge on any atom is 0.345 e. The summed E-state index contributed by atoms with van der Waals surface area (Å²) in [5.41, 5.74) is -0.0237. The highest BCUT2D eigenvalue weighted by molar-refractivity contribution is 4.82. The van der Waals surface area contributed by atoms with Crippen molar-refractivity contribution in [2.24, 2.45) is 7.05 Å². The van der Waals surface area contributed by atoms with E-state index in [-0.39, 0.29) is 5.69 Å². The van der Waals surface area contributed by atoms with Crippen molar-refractivity contribution in [2.45, 2.75) is 26.8 Å². The summed E-state index contributed by atoms with van der Waals surface area (Å²) in [5, 5.41) is 4.00. The third-order valence-electron chi connectivity index (χ3n) is 1.64. The first kappa shape index (κ1) is 8.04. The molecule has 0 N–H and O–H groups in total. The molecular weight excluding hydrogens is 142 g/mol. The Morgan fingerprint density at radius 3 is 2.55 bits per heavy atom. The van der Waals surface area contributed by atoms with E-state index in [0.717, 1.165) is 18.8 Å². The molecule has 0 saturated heterocycles. The maximum atomic E-state index is 11.2. The first-order valence-electron chi connectivity index (χ1n) is 3.77. The molecule has 1 aromatic rings. The number of hydrogen-bond acceptors (Lipinski definition) is 2. The normalized spacial score (nSPS) is 10.5. The molecule has 0 radical (unpaired) electrons. The number of aryl methyl sites for hydroxylation is 2. The Morgan fingerprint density at radius 1 is 1.55 bits per heavy atom. The topological polar surface area (TPSA) is 39.8 Å². The lowest BCUT2D eigenvalue weighted by Gasteiger charge is -1.96. The van der Waals surface area contributed by atoms with Gasteiger partial charge in [-0.1, -0.05) is 6.92 Å². The highest BCUT2D eigenvalue weighted by Crippen LogP contribution is 1.90. The van der Waals surface area contributed by atoms with E-state index in [1.807, 2.05) is 13.8 Å². The van der Waals surface area contributed by atoms with Crippen LogP contribution in [0, 0.1) is 6.92 Å². The number of nitrogens with zero attached hydrogens (tertiary/aromatic N) is 3. The Labute approximate surface area is 65.5 Å². The zero-order valence-corrected chi connectivity index (χ0v) is 7.16. The van der Waals surface area contributed by atoms with Gasteiger partial charge < -0.3 is 0 Å². The third-order valence-corrected chi connectivity index (χ3v) is 1.64. The predicted octanol–water partition coefficient (Wildman–Crippen LogP) is 0.300. The average molecular weight is 155 g/mol. The van der Waals surface area contributed by atoms with E-state index < -0.39 is 0 Å². The summed E-state index contributed by atoms with van der Waals surface area (Å²) in [7, 11) is 1.67. The van der Waals surface area contributed by atoms with Crippen LogP contribution < -0.4 is 5.69 Å². The maximum absolute atomic E-state index is 11.2. The molecule has 4 heteroatoms. The van der Waals surface area contributed by atoms with E-state index in [9.17, 15) is 4.79 Å². The number of aromatic nitrogens is 3. The van der Waals surface area contributed by atoms with Crippen molar-refractivity contribution in [1.82, 2.24) is 14.3 Å². The van der Waals surface area contributed by atoms with Gasteiger partial charge in [-0.25, -0.2) is 9.48 Å². The first-order chi connectivity index (χ1) is 5.16. The van der Waals surface area contributed by atoms with Crippen molar-refractivity contribution in [3.05, 3.63) is 16.3 Å². The van der Waals surface area contributed by atoms with Gasteiger partial charge in [0.15, 0.2) is 0 Å². The van der Waals surface area contributed by atoms with Crippen molar-refractivity contribution in [1.29, 1.82) is 0 Å². The van der Waals surface area contributed by atoms with Gasteiger partial charge in [-0.2, -0.15) is 5.10 Å². The minimum absolute atomic E-state index is 0.0237. The summed E-state index contributed by atoms with van der Waals surface area (Å²) in [5.74, 6) is 0.791. The second kappa shape index (κ2) is 2.90. The molecule has 1 aromatic heterocycles. The average Bonchev–Trinajstić information content (AvgIpc) is 2.17. The fourth-order valence-corrected chi connectivity index (χ4v) is 1.11. The first-order valence-corrected chi connectivity index (χ1v) is 3.77. The highest BCUT2D eigenvalue weighted by atomic mass is 16.2. The van der Waals surface area contributed by atoms with Gasteiger partial charge in [0.05, 0.1) is 0 Å². The second-order valence-corrected chi connectivity index (χ2v) is 2.61. The van der Waals surface area contributed by atoms with Gasteiger partial charge in [0.1, 0.15) is 5.82 Å². The van der Waals surface area contributed by atoms with Gasteiger partial charge in [-0.15, -0.1) is 0 Å². The summed E-state index contributed by atoms with van der Waals surface area (Å²) in [4.78, 5) is 11.2. The summed E-state index contributed by atoms with van der Waals surface area (Å²) in [6.07, 6.45) is 0.965. The van der Waals surface area contributed by atoms with Crippen molar-refractivity contribution < 1.29 is 0 Å². The molecule has 0 spiro atoms. The van der Waals surface area contributed by atoms with Crippen molar-refractivity contribution in [3.8, 4) is 0 Å². The molecular formula is C7H13N3O. The van der Waals surface area contributed by atoms with Crippen LogP contribution in [0.2, 0.25) is 0 Å². The van der Waals surface area contributed by atoms with Crippen LogP contribution >= 0.6 is 0 Å². The van der Waals surface area contributed by atoms with Crippen LogP contribution in [0.3, 0.4) is 0 Å². The van der Waals surface area contributed by atoms with Gasteiger partial charge in [-0.3, -0.25) is 4.57 Å². The molecule has 62 valence electrons. The molecule has 0 amide bonds. The zero-order chi connectivity index (χ0) is 8.43. The van der Waals surface area contributed by atoms with E-state index >= 15 is 0 Å². The lowest BCUT2D eigenvalue weighted by molar-refractivity contribution is 0.624. The van der Waals surface area contributed by atoms with E-state index in [0.29, 0.717) is 0 Å². The van der Waals surface area contributed by atoms with E-state index in [2.05, 4.69) is 5.10 Å². The molecule has 0 unspecified atom stereocenters. The van der Waals surface area contributed by atoms with Crippen molar-refractivity contribution in [3.63, 3.8) is 0 Å². The van der Waals surface area contributed by atoms with Crippen LogP contribution in [0.25, 0.3) is 0 Å².